The van der Waals surface area contributed by atoms with Crippen LogP contribution in [0.15, 0.2) is 0 Å². The SMILES string of the molecule is CC(C)SC#N.CCO.N. The van der Waals surface area contributed by atoms with Crippen molar-refractivity contribution >= 4 is 11.8 Å². The van der Waals surface area contributed by atoms with E-state index >= 15 is 0 Å². The van der Waals surface area contributed by atoms with Crippen molar-refractivity contribution < 1.29 is 5.11 Å². The second-order valence-electron chi connectivity index (χ2n) is 1.57. The fraction of sp³-hybridized carbons (Fsp3) is 0.833. The molecule has 0 atom stereocenters. The summed E-state index contributed by atoms with van der Waals surface area (Å²) in [6.45, 7) is 5.92. The molecule has 3 nitrogen and oxygen atoms in total. The van der Waals surface area contributed by atoms with Gasteiger partial charge in [-0.2, -0.15) is 5.26 Å². The van der Waals surface area contributed by atoms with E-state index < -0.39 is 0 Å². The molecule has 0 unspecified atom stereocenters. The van der Waals surface area contributed by atoms with Gasteiger partial charge in [-0.25, -0.2) is 0 Å². The Labute approximate surface area is 67.0 Å². The molecule has 0 aliphatic rings. The van der Waals surface area contributed by atoms with Gasteiger partial charge in [0.05, 0.1) is 0 Å². The van der Waals surface area contributed by atoms with Gasteiger partial charge in [0.25, 0.3) is 0 Å². The number of thioether (sulfide) groups is 1. The number of thiocyanates is 1. The average molecular weight is 164 g/mol. The number of hydrogen-bond donors (Lipinski definition) is 2. The maximum Gasteiger partial charge on any atom is 0.133 e. The molecule has 0 rings (SSSR count). The van der Waals surface area contributed by atoms with Crippen molar-refractivity contribution in [2.45, 2.75) is 26.0 Å². The summed E-state index contributed by atoms with van der Waals surface area (Å²) in [5, 5.41) is 18.0. The molecule has 0 aromatic rings. The molecule has 0 spiro atoms. The van der Waals surface area contributed by atoms with Gasteiger partial charge in [-0.15, -0.1) is 0 Å². The van der Waals surface area contributed by atoms with E-state index in [0.717, 1.165) is 0 Å². The largest absolute Gasteiger partial charge is 0.397 e. The fourth-order valence-electron chi connectivity index (χ4n) is 0.105. The molecule has 0 fully saturated rings. The van der Waals surface area contributed by atoms with E-state index in [9.17, 15) is 0 Å². The van der Waals surface area contributed by atoms with Gasteiger partial charge in [0.1, 0.15) is 5.40 Å². The predicted molar refractivity (Wildman–Crippen MR) is 46.1 cm³/mol. The number of nitrogens with zero attached hydrogens (tertiary/aromatic N) is 1. The van der Waals surface area contributed by atoms with E-state index in [2.05, 4.69) is 0 Å². The average Bonchev–Trinajstić information content (AvgIpc) is 1.67. The van der Waals surface area contributed by atoms with Gasteiger partial charge in [-0.3, -0.25) is 0 Å². The molecule has 0 aliphatic heterocycles. The topological polar surface area (TPSA) is 79.0 Å². The van der Waals surface area contributed by atoms with Crippen LogP contribution in [-0.2, 0) is 0 Å². The Hall–Kier alpha value is -0.240. The molecule has 0 amide bonds. The van der Waals surface area contributed by atoms with Crippen LogP contribution in [0.25, 0.3) is 0 Å². The van der Waals surface area contributed by atoms with Crippen LogP contribution < -0.4 is 6.15 Å². The number of nitriles is 1. The van der Waals surface area contributed by atoms with Gasteiger partial charge in [-0.05, 0) is 18.7 Å². The highest BCUT2D eigenvalue weighted by Gasteiger charge is 1.86. The lowest BCUT2D eigenvalue weighted by atomic mass is 10.6. The molecule has 0 aromatic carbocycles. The minimum Gasteiger partial charge on any atom is -0.397 e. The Morgan fingerprint density at radius 3 is 1.90 bits per heavy atom. The quantitative estimate of drug-likeness (QED) is 0.579. The molecule has 0 radical (unpaired) electrons. The zero-order valence-corrected chi connectivity index (χ0v) is 7.61. The number of aliphatic hydroxyl groups excluding tert-OH is 1. The third-order valence-corrected chi connectivity index (χ3v) is 0.865. The minimum atomic E-state index is 0. The summed E-state index contributed by atoms with van der Waals surface area (Å²) < 4.78 is 0. The lowest BCUT2D eigenvalue weighted by Gasteiger charge is -1.87. The maximum absolute atomic E-state index is 7.95. The van der Waals surface area contributed by atoms with Crippen molar-refractivity contribution in [3.63, 3.8) is 0 Å². The van der Waals surface area contributed by atoms with Crippen molar-refractivity contribution in [1.82, 2.24) is 6.15 Å². The van der Waals surface area contributed by atoms with Gasteiger partial charge in [0, 0.05) is 11.9 Å². The molecular weight excluding hydrogens is 148 g/mol. The van der Waals surface area contributed by atoms with Crippen LogP contribution in [-0.4, -0.2) is 17.0 Å². The second kappa shape index (κ2) is 15.9. The summed E-state index contributed by atoms with van der Waals surface area (Å²) in [6, 6.07) is 0. The highest BCUT2D eigenvalue weighted by Crippen LogP contribution is 2.03. The molecule has 10 heavy (non-hydrogen) atoms. The smallest absolute Gasteiger partial charge is 0.133 e. The van der Waals surface area contributed by atoms with Crippen molar-refractivity contribution in [2.75, 3.05) is 6.61 Å². The normalized spacial score (nSPS) is 6.80. The van der Waals surface area contributed by atoms with Crippen molar-refractivity contribution in [1.29, 1.82) is 5.26 Å². The number of rotatable bonds is 1. The van der Waals surface area contributed by atoms with E-state index in [1.54, 1.807) is 6.92 Å². The Kier molecular flexibility index (Phi) is 26.1. The first-order chi connectivity index (χ1) is 4.18. The predicted octanol–water partition coefficient (Wildman–Crippen LogP) is 1.77. The molecule has 0 saturated heterocycles. The number of aliphatic hydroxyl groups is 1. The molecular formula is C6H16N2OS. The highest BCUT2D eigenvalue weighted by molar-refractivity contribution is 8.04. The van der Waals surface area contributed by atoms with Crippen LogP contribution in [0.4, 0.5) is 0 Å². The van der Waals surface area contributed by atoms with Crippen LogP contribution in [0.2, 0.25) is 0 Å². The summed E-state index contributed by atoms with van der Waals surface area (Å²) >= 11 is 1.29. The Morgan fingerprint density at radius 1 is 1.60 bits per heavy atom. The van der Waals surface area contributed by atoms with E-state index in [1.165, 1.54) is 11.8 Å². The third-order valence-electron chi connectivity index (χ3n) is 0.288. The van der Waals surface area contributed by atoms with Crippen LogP contribution in [0.1, 0.15) is 20.8 Å². The zero-order valence-electron chi connectivity index (χ0n) is 6.79. The summed E-state index contributed by atoms with van der Waals surface area (Å²) in [7, 11) is 0. The maximum atomic E-state index is 7.95. The Morgan fingerprint density at radius 2 is 1.90 bits per heavy atom. The molecule has 4 heteroatoms. The van der Waals surface area contributed by atoms with Gasteiger partial charge >= 0.3 is 0 Å². The zero-order chi connectivity index (χ0) is 7.70. The molecule has 0 aliphatic carbocycles. The number of hydrogen-bond acceptors (Lipinski definition) is 4. The lowest BCUT2D eigenvalue weighted by Crippen LogP contribution is -1.79. The molecule has 4 N–H and O–H groups in total. The molecule has 62 valence electrons. The fourth-order valence-corrected chi connectivity index (χ4v) is 0.316. The standard InChI is InChI=1S/C4H7NS.C2H6O.H3N/c1-4(2)6-3-5;1-2-3;/h4H,1-2H3;3H,2H2,1H3;1H3. The van der Waals surface area contributed by atoms with Crippen LogP contribution >= 0.6 is 11.8 Å². The van der Waals surface area contributed by atoms with Gasteiger partial charge < -0.3 is 11.3 Å². The van der Waals surface area contributed by atoms with Crippen molar-refractivity contribution in [3.05, 3.63) is 0 Å². The van der Waals surface area contributed by atoms with E-state index in [1.807, 2.05) is 19.2 Å². The van der Waals surface area contributed by atoms with Gasteiger partial charge in [0.2, 0.25) is 0 Å². The van der Waals surface area contributed by atoms with Crippen molar-refractivity contribution in [3.8, 4) is 5.40 Å². The molecule has 0 aromatic heterocycles. The molecule has 0 bridgehead atoms. The van der Waals surface area contributed by atoms with Crippen molar-refractivity contribution in [2.24, 2.45) is 0 Å². The highest BCUT2D eigenvalue weighted by atomic mass is 32.2. The second-order valence-corrected chi connectivity index (χ2v) is 2.94. The van der Waals surface area contributed by atoms with Crippen LogP contribution in [0.3, 0.4) is 0 Å². The van der Waals surface area contributed by atoms with Crippen LogP contribution in [0.5, 0.6) is 0 Å². The lowest BCUT2D eigenvalue weighted by molar-refractivity contribution is 0.318. The summed E-state index contributed by atoms with van der Waals surface area (Å²) in [4.78, 5) is 0. The first-order valence-electron chi connectivity index (χ1n) is 2.84. The van der Waals surface area contributed by atoms with Gasteiger partial charge in [0.15, 0.2) is 0 Å². The Bertz CT molecular complexity index is 80.3. The Balaban J connectivity index is -0.000000107. The third kappa shape index (κ3) is 46.6. The molecule has 0 heterocycles. The first kappa shape index (κ1) is 16.4. The molecule has 0 saturated carbocycles. The first-order valence-corrected chi connectivity index (χ1v) is 3.72. The van der Waals surface area contributed by atoms with E-state index in [4.69, 9.17) is 10.4 Å². The summed E-state index contributed by atoms with van der Waals surface area (Å²) in [5.41, 5.74) is 0. The summed E-state index contributed by atoms with van der Waals surface area (Å²) in [6.07, 6.45) is 0. The van der Waals surface area contributed by atoms with Gasteiger partial charge in [-0.1, -0.05) is 13.8 Å². The van der Waals surface area contributed by atoms with E-state index in [-0.39, 0.29) is 12.8 Å². The van der Waals surface area contributed by atoms with E-state index in [0.29, 0.717) is 5.25 Å². The monoisotopic (exact) mass is 164 g/mol. The van der Waals surface area contributed by atoms with Crippen LogP contribution in [0, 0.1) is 10.7 Å². The summed E-state index contributed by atoms with van der Waals surface area (Å²) in [5.74, 6) is 0. The minimum absolute atomic E-state index is 0.